The van der Waals surface area contributed by atoms with Gasteiger partial charge in [-0.15, -0.1) is 0 Å². The van der Waals surface area contributed by atoms with Crippen LogP contribution in [0.4, 0.5) is 5.69 Å². The maximum absolute atomic E-state index is 11.0. The highest BCUT2D eigenvalue weighted by Crippen LogP contribution is 2.31. The van der Waals surface area contributed by atoms with Gasteiger partial charge >= 0.3 is 5.97 Å². The molecule has 1 aromatic rings. The first kappa shape index (κ1) is 12.7. The number of aromatic hydroxyl groups is 1. The molecule has 1 atom stereocenters. The number of nitrogens with zero attached hydrogens (tertiary/aromatic N) is 1. The van der Waals surface area contributed by atoms with Gasteiger partial charge in [0, 0.05) is 19.5 Å². The van der Waals surface area contributed by atoms with Crippen LogP contribution in [-0.4, -0.2) is 40.0 Å². The second-order valence-electron chi connectivity index (χ2n) is 4.67. The lowest BCUT2D eigenvalue weighted by Gasteiger charge is -2.24. The molecule has 0 aliphatic carbocycles. The Kier molecular flexibility index (Phi) is 3.43. The van der Waals surface area contributed by atoms with E-state index in [1.807, 2.05) is 11.0 Å². The number of hydrogen-bond donors (Lipinski definition) is 3. The molecule has 2 rings (SSSR count). The number of phenolic OH excluding ortho intramolecular Hbond substituents is 1. The van der Waals surface area contributed by atoms with Crippen LogP contribution in [-0.2, 0) is 4.79 Å². The Morgan fingerprint density at radius 3 is 2.61 bits per heavy atom. The number of carboxylic acid groups (broad SMARTS) is 1. The molecule has 5 nitrogen and oxygen atoms in total. The van der Waals surface area contributed by atoms with Crippen LogP contribution in [0.25, 0.3) is 0 Å². The van der Waals surface area contributed by atoms with Crippen molar-refractivity contribution < 1.29 is 20.1 Å². The summed E-state index contributed by atoms with van der Waals surface area (Å²) in [6, 6.07) is 6.96. The van der Waals surface area contributed by atoms with Crippen LogP contribution >= 0.6 is 0 Å². The van der Waals surface area contributed by atoms with Crippen molar-refractivity contribution in [3.05, 3.63) is 24.3 Å². The minimum atomic E-state index is -1.64. The minimum Gasteiger partial charge on any atom is -0.506 e. The number of phenols is 1. The molecule has 1 aliphatic heterocycles. The highest BCUT2D eigenvalue weighted by atomic mass is 16.4. The number of rotatable bonds is 2. The van der Waals surface area contributed by atoms with Crippen molar-refractivity contribution in [3.63, 3.8) is 0 Å². The van der Waals surface area contributed by atoms with Gasteiger partial charge in [-0.2, -0.15) is 0 Å². The quantitative estimate of drug-likeness (QED) is 0.735. The third-order valence-corrected chi connectivity index (χ3v) is 3.43. The van der Waals surface area contributed by atoms with E-state index in [2.05, 4.69) is 0 Å². The predicted molar refractivity (Wildman–Crippen MR) is 66.8 cm³/mol. The summed E-state index contributed by atoms with van der Waals surface area (Å²) in [6.45, 7) is 1.05. The van der Waals surface area contributed by atoms with E-state index in [9.17, 15) is 15.0 Å². The van der Waals surface area contributed by atoms with E-state index >= 15 is 0 Å². The van der Waals surface area contributed by atoms with Gasteiger partial charge in [0.15, 0.2) is 5.60 Å². The zero-order valence-corrected chi connectivity index (χ0v) is 10.0. The SMILES string of the molecule is O=C(O)C1(O)CCCN(c2ccccc2O)CC1. The van der Waals surface area contributed by atoms with E-state index in [1.165, 1.54) is 0 Å². The van der Waals surface area contributed by atoms with Gasteiger partial charge in [0.25, 0.3) is 0 Å². The molecule has 0 radical (unpaired) electrons. The molecule has 0 saturated carbocycles. The van der Waals surface area contributed by atoms with Crippen LogP contribution in [0.3, 0.4) is 0 Å². The summed E-state index contributed by atoms with van der Waals surface area (Å²) in [5.41, 5.74) is -0.953. The number of aliphatic hydroxyl groups is 1. The predicted octanol–water partition coefficient (Wildman–Crippen LogP) is 1.20. The summed E-state index contributed by atoms with van der Waals surface area (Å²) in [7, 11) is 0. The lowest BCUT2D eigenvalue weighted by molar-refractivity contribution is -0.159. The number of para-hydroxylation sites is 2. The number of hydrogen-bond acceptors (Lipinski definition) is 4. The Balaban J connectivity index is 2.15. The monoisotopic (exact) mass is 251 g/mol. The van der Waals surface area contributed by atoms with Gasteiger partial charge in [-0.3, -0.25) is 0 Å². The lowest BCUT2D eigenvalue weighted by Crippen LogP contribution is -2.39. The largest absolute Gasteiger partial charge is 0.506 e. The van der Waals surface area contributed by atoms with Crippen LogP contribution in [0.2, 0.25) is 0 Å². The molecule has 1 aliphatic rings. The molecule has 3 N–H and O–H groups in total. The van der Waals surface area contributed by atoms with Crippen molar-refractivity contribution in [1.82, 2.24) is 0 Å². The number of benzene rings is 1. The average molecular weight is 251 g/mol. The zero-order valence-electron chi connectivity index (χ0n) is 10.0. The zero-order chi connectivity index (χ0) is 13.2. The number of anilines is 1. The minimum absolute atomic E-state index is 0.163. The van der Waals surface area contributed by atoms with Gasteiger partial charge in [0.2, 0.25) is 0 Å². The lowest BCUT2D eigenvalue weighted by atomic mass is 9.95. The van der Waals surface area contributed by atoms with Gasteiger partial charge < -0.3 is 20.2 Å². The molecule has 0 spiro atoms. The summed E-state index contributed by atoms with van der Waals surface area (Å²) in [6.07, 6.45) is 0.986. The van der Waals surface area contributed by atoms with Crippen LogP contribution in [0.1, 0.15) is 19.3 Å². The van der Waals surface area contributed by atoms with Crippen LogP contribution in [0.15, 0.2) is 24.3 Å². The van der Waals surface area contributed by atoms with Crippen molar-refractivity contribution in [3.8, 4) is 5.75 Å². The second-order valence-corrected chi connectivity index (χ2v) is 4.67. The smallest absolute Gasteiger partial charge is 0.335 e. The molecule has 1 saturated heterocycles. The third kappa shape index (κ3) is 2.41. The fourth-order valence-corrected chi connectivity index (χ4v) is 2.31. The second kappa shape index (κ2) is 4.86. The molecule has 0 aromatic heterocycles. The summed E-state index contributed by atoms with van der Waals surface area (Å²) in [5.74, 6) is -0.986. The van der Waals surface area contributed by atoms with E-state index < -0.39 is 11.6 Å². The molecular weight excluding hydrogens is 234 g/mol. The van der Waals surface area contributed by atoms with Gasteiger partial charge in [-0.25, -0.2) is 4.79 Å². The van der Waals surface area contributed by atoms with Crippen molar-refractivity contribution in [2.24, 2.45) is 0 Å². The Labute approximate surface area is 105 Å². The van der Waals surface area contributed by atoms with Crippen LogP contribution in [0.5, 0.6) is 5.75 Å². The molecule has 1 fully saturated rings. The molecule has 0 bridgehead atoms. The molecule has 1 heterocycles. The van der Waals surface area contributed by atoms with E-state index in [0.29, 0.717) is 25.2 Å². The number of aliphatic carboxylic acids is 1. The first-order chi connectivity index (χ1) is 8.53. The standard InChI is InChI=1S/C13H17NO4/c15-11-5-2-1-4-10(11)14-8-3-6-13(18,7-9-14)12(16)17/h1-2,4-5,15,18H,3,6-9H2,(H,16,17). The average Bonchev–Trinajstić information content (AvgIpc) is 2.53. The summed E-state index contributed by atoms with van der Waals surface area (Å²) >= 11 is 0. The first-order valence-corrected chi connectivity index (χ1v) is 6.02. The highest BCUT2D eigenvalue weighted by Gasteiger charge is 2.37. The van der Waals surface area contributed by atoms with E-state index in [4.69, 9.17) is 5.11 Å². The van der Waals surface area contributed by atoms with Crippen molar-refractivity contribution in [1.29, 1.82) is 0 Å². The van der Waals surface area contributed by atoms with E-state index in [1.54, 1.807) is 18.2 Å². The topological polar surface area (TPSA) is 81.0 Å². The van der Waals surface area contributed by atoms with Crippen molar-refractivity contribution in [2.45, 2.75) is 24.9 Å². The molecule has 98 valence electrons. The summed E-state index contributed by atoms with van der Waals surface area (Å²) in [4.78, 5) is 12.9. The van der Waals surface area contributed by atoms with Crippen LogP contribution < -0.4 is 4.90 Å². The fourth-order valence-electron chi connectivity index (χ4n) is 2.31. The molecular formula is C13H17NO4. The molecule has 18 heavy (non-hydrogen) atoms. The van der Waals surface area contributed by atoms with Crippen molar-refractivity contribution >= 4 is 11.7 Å². The van der Waals surface area contributed by atoms with Crippen molar-refractivity contribution in [2.75, 3.05) is 18.0 Å². The normalized spacial score (nSPS) is 24.6. The summed E-state index contributed by atoms with van der Waals surface area (Å²) < 4.78 is 0. The molecule has 5 heteroatoms. The Bertz CT molecular complexity index is 448. The van der Waals surface area contributed by atoms with E-state index in [0.717, 1.165) is 0 Å². The Hall–Kier alpha value is -1.75. The van der Waals surface area contributed by atoms with E-state index in [-0.39, 0.29) is 18.6 Å². The summed E-state index contributed by atoms with van der Waals surface area (Å²) in [5, 5.41) is 28.8. The maximum atomic E-state index is 11.0. The van der Waals surface area contributed by atoms with Gasteiger partial charge in [-0.1, -0.05) is 12.1 Å². The maximum Gasteiger partial charge on any atom is 0.335 e. The fraction of sp³-hybridized carbons (Fsp3) is 0.462. The Morgan fingerprint density at radius 2 is 1.94 bits per heavy atom. The molecule has 1 unspecified atom stereocenters. The first-order valence-electron chi connectivity index (χ1n) is 6.02. The number of carbonyl (C=O) groups is 1. The molecule has 0 amide bonds. The van der Waals surface area contributed by atoms with Gasteiger partial charge in [-0.05, 0) is 25.0 Å². The third-order valence-electron chi connectivity index (χ3n) is 3.43. The van der Waals surface area contributed by atoms with Gasteiger partial charge in [0.1, 0.15) is 5.75 Å². The van der Waals surface area contributed by atoms with Crippen LogP contribution in [0, 0.1) is 0 Å². The van der Waals surface area contributed by atoms with Gasteiger partial charge in [0.05, 0.1) is 5.69 Å². The Morgan fingerprint density at radius 1 is 1.22 bits per heavy atom. The highest BCUT2D eigenvalue weighted by molar-refractivity contribution is 5.77. The number of carboxylic acids is 1. The molecule has 1 aromatic carbocycles.